The highest BCUT2D eigenvalue weighted by Gasteiger charge is 2.72. The number of fused-ring (bicyclic) bond motifs is 7. The fourth-order valence-corrected chi connectivity index (χ4v) is 11.6. The molecule has 5 aliphatic rings. The molecule has 0 bridgehead atoms. The van der Waals surface area contributed by atoms with E-state index >= 15 is 0 Å². The lowest BCUT2D eigenvalue weighted by Crippen LogP contribution is -2.69. The molecule has 9 nitrogen and oxygen atoms in total. The molecule has 0 aromatic rings. The third-order valence-corrected chi connectivity index (χ3v) is 14.3. The molecule has 0 saturated heterocycles. The van der Waals surface area contributed by atoms with E-state index in [4.69, 9.17) is 16.5 Å². The van der Waals surface area contributed by atoms with Crippen LogP contribution >= 0.6 is 0 Å². The normalized spacial score (nSPS) is 43.6. The first-order chi connectivity index (χ1) is 21.0. The molecule has 5 aliphatic carbocycles. The number of nitrogens with zero attached hydrogens (tertiary/aromatic N) is 1. The molecule has 0 aromatic carbocycles. The van der Waals surface area contributed by atoms with Crippen molar-refractivity contribution in [2.45, 2.75) is 130 Å². The standard InChI is InChI=1S/C36H54N2O7/c1-31(2)14-16-35(30(43)44)17-15-33(5)23(24(35)18-31)9-10-27-34(33,6)13-12-26-32(3,4)29(25(37-7)19-36(26,27)21-40)45-38-22(20-39)8-11-28(41)42/h9,20,22,24-27,29,38,40H,8,10-19,21H2,1-6H3,(H,41,42)(H,43,44)/t22-,24?,25?,26?,27?,29?,33-,34-,35+,36-/m1/s1. The number of nitrogens with one attached hydrogen (secondary N) is 1. The van der Waals surface area contributed by atoms with Crippen LogP contribution in [0.3, 0.4) is 0 Å². The minimum atomic E-state index is -0.990. The van der Waals surface area contributed by atoms with Crippen LogP contribution < -0.4 is 5.48 Å². The number of carboxylic acids is 2. The van der Waals surface area contributed by atoms with Gasteiger partial charge in [0, 0.05) is 30.3 Å². The van der Waals surface area contributed by atoms with Crippen LogP contribution in [0.25, 0.3) is 4.85 Å². The van der Waals surface area contributed by atoms with Crippen molar-refractivity contribution in [2.24, 2.45) is 50.2 Å². The molecule has 0 aliphatic heterocycles. The highest BCUT2D eigenvalue weighted by Crippen LogP contribution is 2.76. The molecule has 0 heterocycles. The maximum atomic E-state index is 12.9. The molecule has 5 unspecified atom stereocenters. The summed E-state index contributed by atoms with van der Waals surface area (Å²) in [5.41, 5.74) is 2.10. The Labute approximate surface area is 268 Å². The first kappa shape index (κ1) is 34.1. The SMILES string of the molecule is [C-]#[N+]C1C[C@@]2(CO)C(CC[C@]3(C)C2CC=C2C4CC(C)(C)CC[C@]4(C(=O)O)CC[C@]23C)C(C)(C)C1ON[C@@H](C=O)CCC(=O)O. The summed E-state index contributed by atoms with van der Waals surface area (Å²) in [5.74, 6) is -1.46. The highest BCUT2D eigenvalue weighted by molar-refractivity contribution is 5.76. The average molecular weight is 627 g/mol. The second-order valence-electron chi connectivity index (χ2n) is 17.1. The van der Waals surface area contributed by atoms with Gasteiger partial charge in [0.05, 0.1) is 11.5 Å². The van der Waals surface area contributed by atoms with E-state index in [1.165, 1.54) is 5.57 Å². The van der Waals surface area contributed by atoms with E-state index in [-0.39, 0.29) is 53.4 Å². The van der Waals surface area contributed by atoms with Crippen molar-refractivity contribution in [3.63, 3.8) is 0 Å². The number of hydrogen-bond donors (Lipinski definition) is 4. The topological polar surface area (TPSA) is 138 Å². The number of hydroxylamine groups is 1. The van der Waals surface area contributed by atoms with Gasteiger partial charge in [-0.05, 0) is 91.8 Å². The van der Waals surface area contributed by atoms with Crippen molar-refractivity contribution in [1.82, 2.24) is 5.48 Å². The molecular formula is C36H54N2O7. The largest absolute Gasteiger partial charge is 0.481 e. The molecule has 4 saturated carbocycles. The molecule has 4 N–H and O–H groups in total. The smallest absolute Gasteiger partial charge is 0.310 e. The van der Waals surface area contributed by atoms with Crippen LogP contribution in [0.5, 0.6) is 0 Å². The average Bonchev–Trinajstić information content (AvgIpc) is 2.97. The van der Waals surface area contributed by atoms with Gasteiger partial charge in [0.25, 0.3) is 6.04 Å². The van der Waals surface area contributed by atoms with Crippen LogP contribution in [0.4, 0.5) is 0 Å². The van der Waals surface area contributed by atoms with Gasteiger partial charge in [-0.3, -0.25) is 14.4 Å². The van der Waals surface area contributed by atoms with Crippen molar-refractivity contribution in [3.05, 3.63) is 23.1 Å². The van der Waals surface area contributed by atoms with Crippen LogP contribution in [0, 0.1) is 56.8 Å². The predicted molar refractivity (Wildman–Crippen MR) is 169 cm³/mol. The van der Waals surface area contributed by atoms with Gasteiger partial charge < -0.3 is 25.0 Å². The van der Waals surface area contributed by atoms with Gasteiger partial charge >= 0.3 is 11.9 Å². The summed E-state index contributed by atoms with van der Waals surface area (Å²) in [6.07, 6.45) is 9.43. The van der Waals surface area contributed by atoms with Gasteiger partial charge in [0.15, 0.2) is 6.10 Å². The van der Waals surface area contributed by atoms with Crippen LogP contribution in [0.1, 0.15) is 112 Å². The zero-order valence-electron chi connectivity index (χ0n) is 28.0. The van der Waals surface area contributed by atoms with E-state index in [0.29, 0.717) is 25.5 Å². The minimum absolute atomic E-state index is 0.00705. The zero-order chi connectivity index (χ0) is 33.2. The Kier molecular flexibility index (Phi) is 8.67. The summed E-state index contributed by atoms with van der Waals surface area (Å²) in [4.78, 5) is 45.9. The summed E-state index contributed by atoms with van der Waals surface area (Å²) in [5, 5.41) is 31.1. The first-order valence-corrected chi connectivity index (χ1v) is 17.0. The van der Waals surface area contributed by atoms with E-state index in [2.05, 4.69) is 57.9 Å². The van der Waals surface area contributed by atoms with Crippen molar-refractivity contribution < 1.29 is 34.5 Å². The second kappa shape index (κ2) is 11.5. The molecule has 0 radical (unpaired) electrons. The molecule has 10 atom stereocenters. The van der Waals surface area contributed by atoms with E-state index in [0.717, 1.165) is 38.5 Å². The van der Waals surface area contributed by atoms with Gasteiger partial charge in [-0.1, -0.05) is 53.2 Å². The lowest BCUT2D eigenvalue weighted by molar-refractivity contribution is -0.241. The number of aliphatic carboxylic acids is 2. The number of rotatable bonds is 9. The van der Waals surface area contributed by atoms with Crippen molar-refractivity contribution in [1.29, 1.82) is 0 Å². The molecule has 9 heteroatoms. The first-order valence-electron chi connectivity index (χ1n) is 17.0. The van der Waals surface area contributed by atoms with Crippen molar-refractivity contribution >= 4 is 18.2 Å². The number of aliphatic hydroxyl groups excluding tert-OH is 1. The van der Waals surface area contributed by atoms with Crippen LogP contribution in [0.15, 0.2) is 11.6 Å². The third-order valence-electron chi connectivity index (χ3n) is 14.3. The monoisotopic (exact) mass is 626 g/mol. The van der Waals surface area contributed by atoms with Gasteiger partial charge in [0.1, 0.15) is 6.29 Å². The maximum absolute atomic E-state index is 12.9. The molecule has 250 valence electrons. The van der Waals surface area contributed by atoms with E-state index in [1.807, 2.05) is 0 Å². The summed E-state index contributed by atoms with van der Waals surface area (Å²) in [6, 6.07) is -1.35. The number of aldehydes is 1. The summed E-state index contributed by atoms with van der Waals surface area (Å²) in [6.45, 7) is 21.7. The molecule has 0 amide bonds. The number of hydrogen-bond acceptors (Lipinski definition) is 6. The second-order valence-corrected chi connectivity index (χ2v) is 17.1. The Morgan fingerprint density at radius 2 is 1.76 bits per heavy atom. The van der Waals surface area contributed by atoms with Gasteiger partial charge in [0.2, 0.25) is 0 Å². The quantitative estimate of drug-likeness (QED) is 0.105. The molecular weight excluding hydrogens is 572 g/mol. The summed E-state index contributed by atoms with van der Waals surface area (Å²) in [7, 11) is 0. The van der Waals surface area contributed by atoms with Crippen molar-refractivity contribution in [3.8, 4) is 0 Å². The van der Waals surface area contributed by atoms with Gasteiger partial charge in [-0.15, -0.1) is 0 Å². The van der Waals surface area contributed by atoms with Gasteiger partial charge in [-0.25, -0.2) is 6.57 Å². The Morgan fingerprint density at radius 3 is 2.36 bits per heavy atom. The Bertz CT molecular complexity index is 1290. The number of allylic oxidation sites excluding steroid dienone is 2. The lowest BCUT2D eigenvalue weighted by Gasteiger charge is -2.71. The lowest BCUT2D eigenvalue weighted by atomic mass is 9.33. The minimum Gasteiger partial charge on any atom is -0.481 e. The van der Waals surface area contributed by atoms with Crippen LogP contribution in [0.2, 0.25) is 0 Å². The number of carbonyl (C=O) groups is 3. The Morgan fingerprint density at radius 1 is 1.07 bits per heavy atom. The zero-order valence-corrected chi connectivity index (χ0v) is 28.0. The molecule has 0 aromatic heterocycles. The summed E-state index contributed by atoms with van der Waals surface area (Å²) < 4.78 is 0. The molecule has 0 spiro atoms. The molecule has 4 fully saturated rings. The number of carbonyl (C=O) groups excluding carboxylic acids is 1. The summed E-state index contributed by atoms with van der Waals surface area (Å²) >= 11 is 0. The fourth-order valence-electron chi connectivity index (χ4n) is 11.6. The fraction of sp³-hybridized carbons (Fsp3) is 0.833. The Hall–Kier alpha value is -2.28. The highest BCUT2D eigenvalue weighted by atomic mass is 16.7. The molecule has 5 rings (SSSR count). The van der Waals surface area contributed by atoms with Crippen LogP contribution in [-0.4, -0.2) is 58.3 Å². The van der Waals surface area contributed by atoms with Crippen LogP contribution in [-0.2, 0) is 19.2 Å². The van der Waals surface area contributed by atoms with Gasteiger partial charge in [-0.2, -0.15) is 5.48 Å². The number of carboxylic acid groups (broad SMARTS) is 2. The van der Waals surface area contributed by atoms with E-state index < -0.39 is 46.4 Å². The van der Waals surface area contributed by atoms with E-state index in [1.54, 1.807) is 0 Å². The third kappa shape index (κ3) is 5.00. The predicted octanol–water partition coefficient (Wildman–Crippen LogP) is 6.06. The number of aliphatic hydroxyl groups is 1. The molecule has 45 heavy (non-hydrogen) atoms. The van der Waals surface area contributed by atoms with Crippen molar-refractivity contribution in [2.75, 3.05) is 6.61 Å². The Balaban J connectivity index is 1.50. The van der Waals surface area contributed by atoms with E-state index in [9.17, 15) is 24.6 Å². The maximum Gasteiger partial charge on any atom is 0.310 e.